The minimum Gasteiger partial charge on any atom is -0.408 e. The summed E-state index contributed by atoms with van der Waals surface area (Å²) in [4.78, 5) is 32.5. The standard InChI is InChI=1S/C18H16F2N6O3/c1-9-7-12(14(19)20)26-17(22-9)23-15(24-26)16(27)21-10(2)8-25-11-5-3-4-6-13(11)29-18(25)28/h3-7,10,14H,8H2,1-2H3,(H,21,27)/t10-/m0/s1. The quantitative estimate of drug-likeness (QED) is 0.548. The Labute approximate surface area is 162 Å². The molecule has 4 rings (SSSR count). The van der Waals surface area contributed by atoms with Crippen LogP contribution in [0.25, 0.3) is 16.9 Å². The molecule has 3 aromatic heterocycles. The summed E-state index contributed by atoms with van der Waals surface area (Å²) in [6.45, 7) is 3.39. The van der Waals surface area contributed by atoms with Crippen LogP contribution in [0.15, 0.2) is 39.5 Å². The van der Waals surface area contributed by atoms with Crippen LogP contribution < -0.4 is 11.1 Å². The Morgan fingerprint density at radius 3 is 2.79 bits per heavy atom. The fourth-order valence-corrected chi connectivity index (χ4v) is 3.06. The Balaban J connectivity index is 1.57. The highest BCUT2D eigenvalue weighted by atomic mass is 19.3. The van der Waals surface area contributed by atoms with Crippen LogP contribution in [0, 0.1) is 6.92 Å². The van der Waals surface area contributed by atoms with Gasteiger partial charge in [0.2, 0.25) is 5.82 Å². The molecule has 1 atom stereocenters. The normalized spacial score (nSPS) is 12.7. The van der Waals surface area contributed by atoms with Gasteiger partial charge < -0.3 is 9.73 Å². The van der Waals surface area contributed by atoms with Crippen molar-refractivity contribution in [2.24, 2.45) is 0 Å². The monoisotopic (exact) mass is 402 g/mol. The van der Waals surface area contributed by atoms with E-state index >= 15 is 0 Å². The third kappa shape index (κ3) is 3.46. The molecule has 1 aromatic carbocycles. The highest BCUT2D eigenvalue weighted by molar-refractivity contribution is 5.91. The SMILES string of the molecule is Cc1cc(C(F)F)n2nc(C(=O)N[C@@H](C)Cn3c(=O)oc4ccccc43)nc2n1. The molecule has 11 heteroatoms. The number of oxazole rings is 1. The van der Waals surface area contributed by atoms with Gasteiger partial charge in [0.05, 0.1) is 5.52 Å². The van der Waals surface area contributed by atoms with Crippen molar-refractivity contribution in [3.8, 4) is 0 Å². The van der Waals surface area contributed by atoms with Crippen molar-refractivity contribution in [3.63, 3.8) is 0 Å². The second-order valence-electron chi connectivity index (χ2n) is 6.59. The Morgan fingerprint density at radius 2 is 2.03 bits per heavy atom. The molecule has 0 saturated heterocycles. The van der Waals surface area contributed by atoms with E-state index in [2.05, 4.69) is 20.4 Å². The van der Waals surface area contributed by atoms with Gasteiger partial charge >= 0.3 is 5.76 Å². The zero-order valence-corrected chi connectivity index (χ0v) is 15.5. The first-order chi connectivity index (χ1) is 13.8. The minimum atomic E-state index is -2.79. The van der Waals surface area contributed by atoms with Crippen LogP contribution in [0.2, 0.25) is 0 Å². The van der Waals surface area contributed by atoms with Crippen LogP contribution >= 0.6 is 0 Å². The summed E-state index contributed by atoms with van der Waals surface area (Å²) in [5, 5.41) is 6.51. The maximum atomic E-state index is 13.2. The first kappa shape index (κ1) is 18.7. The van der Waals surface area contributed by atoms with Crippen LogP contribution in [-0.4, -0.2) is 36.1 Å². The van der Waals surface area contributed by atoms with E-state index in [4.69, 9.17) is 4.42 Å². The van der Waals surface area contributed by atoms with Gasteiger partial charge in [-0.15, -0.1) is 5.10 Å². The van der Waals surface area contributed by atoms with Gasteiger partial charge in [-0.05, 0) is 32.0 Å². The van der Waals surface area contributed by atoms with E-state index in [-0.39, 0.29) is 18.1 Å². The van der Waals surface area contributed by atoms with E-state index < -0.39 is 29.8 Å². The number of rotatable bonds is 5. The summed E-state index contributed by atoms with van der Waals surface area (Å²) in [5.74, 6) is -1.59. The van der Waals surface area contributed by atoms with E-state index in [0.29, 0.717) is 16.8 Å². The van der Waals surface area contributed by atoms with Crippen molar-refractivity contribution in [2.75, 3.05) is 0 Å². The molecule has 0 fully saturated rings. The molecule has 1 N–H and O–H groups in total. The summed E-state index contributed by atoms with van der Waals surface area (Å²) in [7, 11) is 0. The van der Waals surface area contributed by atoms with E-state index in [0.717, 1.165) is 4.52 Å². The topological polar surface area (TPSA) is 107 Å². The van der Waals surface area contributed by atoms with Gasteiger partial charge in [0, 0.05) is 18.3 Å². The molecular formula is C18H16F2N6O3. The predicted octanol–water partition coefficient (Wildman–Crippen LogP) is 2.10. The number of alkyl halides is 2. The number of aryl methyl sites for hydroxylation is 1. The smallest absolute Gasteiger partial charge is 0.408 e. The number of para-hydroxylation sites is 2. The van der Waals surface area contributed by atoms with Crippen molar-refractivity contribution in [1.29, 1.82) is 0 Å². The average Bonchev–Trinajstić information content (AvgIpc) is 3.22. The summed E-state index contributed by atoms with van der Waals surface area (Å²) >= 11 is 0. The Hall–Kier alpha value is -3.63. The third-order valence-electron chi connectivity index (χ3n) is 4.30. The number of carbonyl (C=O) groups excluding carboxylic acids is 1. The molecule has 0 radical (unpaired) electrons. The fourth-order valence-electron chi connectivity index (χ4n) is 3.06. The summed E-state index contributed by atoms with van der Waals surface area (Å²) in [5.41, 5.74) is 0.986. The van der Waals surface area contributed by atoms with Gasteiger partial charge in [0.15, 0.2) is 5.58 Å². The largest absolute Gasteiger partial charge is 0.420 e. The van der Waals surface area contributed by atoms with Crippen LogP contribution in [0.4, 0.5) is 8.78 Å². The zero-order chi connectivity index (χ0) is 20.7. The Bertz CT molecular complexity index is 1280. The highest BCUT2D eigenvalue weighted by Gasteiger charge is 2.21. The molecule has 150 valence electrons. The molecule has 0 spiro atoms. The number of nitrogens with one attached hydrogen (secondary N) is 1. The molecule has 0 saturated carbocycles. The van der Waals surface area contributed by atoms with Crippen molar-refractivity contribution in [2.45, 2.75) is 32.9 Å². The number of halogens is 2. The first-order valence-electron chi connectivity index (χ1n) is 8.75. The number of carbonyl (C=O) groups is 1. The lowest BCUT2D eigenvalue weighted by molar-refractivity contribution is 0.0925. The summed E-state index contributed by atoms with van der Waals surface area (Å²) in [6, 6.07) is 7.63. The lowest BCUT2D eigenvalue weighted by Crippen LogP contribution is -2.38. The fraction of sp³-hybridized carbons (Fsp3) is 0.278. The van der Waals surface area contributed by atoms with Gasteiger partial charge in [0.1, 0.15) is 5.69 Å². The number of hydrogen-bond donors (Lipinski definition) is 1. The van der Waals surface area contributed by atoms with E-state index in [1.54, 1.807) is 38.1 Å². The zero-order valence-electron chi connectivity index (χ0n) is 15.5. The van der Waals surface area contributed by atoms with Gasteiger partial charge in [-0.2, -0.15) is 9.50 Å². The molecule has 0 aliphatic heterocycles. The van der Waals surface area contributed by atoms with Crippen LogP contribution in [0.1, 0.15) is 35.4 Å². The minimum absolute atomic E-state index is 0.0878. The maximum absolute atomic E-state index is 13.2. The van der Waals surface area contributed by atoms with E-state index in [9.17, 15) is 18.4 Å². The van der Waals surface area contributed by atoms with Gasteiger partial charge in [0.25, 0.3) is 18.1 Å². The van der Waals surface area contributed by atoms with Crippen molar-refractivity contribution < 1.29 is 18.0 Å². The van der Waals surface area contributed by atoms with Gasteiger partial charge in [-0.25, -0.2) is 18.6 Å². The molecule has 3 heterocycles. The number of amides is 1. The second kappa shape index (κ2) is 7.08. The molecule has 0 aliphatic rings. The van der Waals surface area contributed by atoms with E-state index in [1.165, 1.54) is 10.6 Å². The summed E-state index contributed by atoms with van der Waals surface area (Å²) < 4.78 is 33.8. The highest BCUT2D eigenvalue weighted by Crippen LogP contribution is 2.19. The van der Waals surface area contributed by atoms with Crippen LogP contribution in [0.5, 0.6) is 0 Å². The lowest BCUT2D eigenvalue weighted by atomic mass is 10.3. The Morgan fingerprint density at radius 1 is 1.28 bits per heavy atom. The van der Waals surface area contributed by atoms with Gasteiger partial charge in [-0.3, -0.25) is 9.36 Å². The number of fused-ring (bicyclic) bond motifs is 2. The molecule has 9 nitrogen and oxygen atoms in total. The van der Waals surface area contributed by atoms with Crippen molar-refractivity contribution >= 4 is 22.8 Å². The van der Waals surface area contributed by atoms with Crippen molar-refractivity contribution in [1.82, 2.24) is 29.5 Å². The van der Waals surface area contributed by atoms with Crippen LogP contribution in [-0.2, 0) is 6.54 Å². The van der Waals surface area contributed by atoms with Gasteiger partial charge in [-0.1, -0.05) is 12.1 Å². The lowest BCUT2D eigenvalue weighted by Gasteiger charge is -2.12. The maximum Gasteiger partial charge on any atom is 0.420 e. The second-order valence-corrected chi connectivity index (χ2v) is 6.59. The molecule has 0 unspecified atom stereocenters. The number of benzene rings is 1. The van der Waals surface area contributed by atoms with Crippen LogP contribution in [0.3, 0.4) is 0 Å². The first-order valence-corrected chi connectivity index (χ1v) is 8.75. The molecule has 29 heavy (non-hydrogen) atoms. The van der Waals surface area contributed by atoms with E-state index in [1.807, 2.05) is 0 Å². The number of nitrogens with zero attached hydrogens (tertiary/aromatic N) is 5. The number of hydrogen-bond acceptors (Lipinski definition) is 6. The average molecular weight is 402 g/mol. The molecule has 4 aromatic rings. The third-order valence-corrected chi connectivity index (χ3v) is 4.30. The molecule has 0 aliphatic carbocycles. The Kier molecular flexibility index (Phi) is 4.57. The molecule has 0 bridgehead atoms. The summed E-state index contributed by atoms with van der Waals surface area (Å²) in [6.07, 6.45) is -2.79. The predicted molar refractivity (Wildman–Crippen MR) is 97.9 cm³/mol. The molecular weight excluding hydrogens is 386 g/mol. The molecule has 1 amide bonds. The number of aromatic nitrogens is 5. The van der Waals surface area contributed by atoms with Crippen molar-refractivity contribution in [3.05, 3.63) is 58.1 Å².